The van der Waals surface area contributed by atoms with Crippen molar-refractivity contribution < 1.29 is 18.6 Å². The van der Waals surface area contributed by atoms with Crippen LogP contribution in [0.4, 0.5) is 0 Å². The van der Waals surface area contributed by atoms with E-state index in [-0.39, 0.29) is 5.75 Å². The Balaban J connectivity index is 2.42. The van der Waals surface area contributed by atoms with Crippen LogP contribution in [0.25, 0.3) is 11.0 Å². The van der Waals surface area contributed by atoms with Crippen LogP contribution in [0, 0.1) is 0 Å². The molecule has 0 saturated heterocycles. The Bertz CT molecular complexity index is 1080. The fourth-order valence-electron chi connectivity index (χ4n) is 3.32. The van der Waals surface area contributed by atoms with Gasteiger partial charge in [0.2, 0.25) is 5.75 Å². The molecule has 0 aliphatic heterocycles. The van der Waals surface area contributed by atoms with E-state index in [0.29, 0.717) is 42.1 Å². The average molecular weight is 469 g/mol. The fraction of sp³-hybridized carbons (Fsp3) is 0.483. The van der Waals surface area contributed by atoms with E-state index in [1.807, 2.05) is 39.0 Å². The van der Waals surface area contributed by atoms with E-state index < -0.39 is 11.2 Å². The predicted octanol–water partition coefficient (Wildman–Crippen LogP) is 7.78. The van der Waals surface area contributed by atoms with Gasteiger partial charge in [-0.15, -0.1) is 0 Å². The van der Waals surface area contributed by atoms with Crippen LogP contribution < -0.4 is 19.8 Å². The molecule has 0 aliphatic carbocycles. The van der Waals surface area contributed by atoms with Crippen molar-refractivity contribution in [3.05, 3.63) is 64.1 Å². The lowest BCUT2D eigenvalue weighted by molar-refractivity contribution is 0.132. The first kappa shape index (κ1) is 27.3. The maximum absolute atomic E-state index is 12.8. The Morgan fingerprint density at radius 1 is 1.00 bits per heavy atom. The highest BCUT2D eigenvalue weighted by molar-refractivity contribution is 5.91. The van der Waals surface area contributed by atoms with Gasteiger partial charge in [0, 0.05) is 0 Å². The zero-order chi connectivity index (χ0) is 25.1. The Hall–Kier alpha value is -2.95. The Morgan fingerprint density at radius 3 is 2.44 bits per heavy atom. The number of rotatable bonds is 12. The molecule has 1 heterocycles. The molecule has 186 valence electrons. The summed E-state index contributed by atoms with van der Waals surface area (Å²) in [7, 11) is 0. The SMILES string of the molecule is CC/C=C/CCOc1c(OC/C=C(\C)CCC=C(C)C)c2c(OC(C)(C)C)cccc2oc1=O. The smallest absolute Gasteiger partial charge is 0.383 e. The fourth-order valence-corrected chi connectivity index (χ4v) is 3.32. The standard InChI is InChI=1S/C29H40O5/c1-8-9-10-11-19-31-27-26(32-20-18-22(4)15-12-14-21(2)3)25-23(33-28(27)30)16-13-17-24(25)34-29(5,6)7/h9-10,13-14,16-18H,8,11-12,15,19-20H2,1-7H3/b10-9+,22-18+. The number of hydrogen-bond donors (Lipinski definition) is 0. The van der Waals surface area contributed by atoms with Gasteiger partial charge in [-0.25, -0.2) is 4.79 Å². The number of fused-ring (bicyclic) bond motifs is 1. The molecule has 34 heavy (non-hydrogen) atoms. The van der Waals surface area contributed by atoms with Crippen LogP contribution in [-0.4, -0.2) is 18.8 Å². The van der Waals surface area contributed by atoms with E-state index in [1.54, 1.807) is 12.1 Å². The van der Waals surface area contributed by atoms with Gasteiger partial charge in [0.15, 0.2) is 5.75 Å². The van der Waals surface area contributed by atoms with Crippen molar-refractivity contribution >= 4 is 11.0 Å². The van der Waals surface area contributed by atoms with E-state index >= 15 is 0 Å². The van der Waals surface area contributed by atoms with Gasteiger partial charge in [0.05, 0.1) is 6.61 Å². The van der Waals surface area contributed by atoms with E-state index in [0.717, 1.165) is 19.3 Å². The number of ether oxygens (including phenoxy) is 3. The van der Waals surface area contributed by atoms with E-state index in [2.05, 4.69) is 39.8 Å². The summed E-state index contributed by atoms with van der Waals surface area (Å²) >= 11 is 0. The quantitative estimate of drug-likeness (QED) is 0.181. The Labute approximate surface area is 204 Å². The van der Waals surface area contributed by atoms with Gasteiger partial charge in [-0.2, -0.15) is 0 Å². The van der Waals surface area contributed by atoms with Crippen molar-refractivity contribution in [3.63, 3.8) is 0 Å². The molecule has 0 atom stereocenters. The molecular weight excluding hydrogens is 428 g/mol. The van der Waals surface area contributed by atoms with E-state index in [4.69, 9.17) is 18.6 Å². The highest BCUT2D eigenvalue weighted by Crippen LogP contribution is 2.40. The summed E-state index contributed by atoms with van der Waals surface area (Å²) in [5, 5.41) is 0.603. The summed E-state index contributed by atoms with van der Waals surface area (Å²) in [6, 6.07) is 5.40. The van der Waals surface area contributed by atoms with Crippen molar-refractivity contribution in [2.45, 2.75) is 79.8 Å². The largest absolute Gasteiger partial charge is 0.487 e. The second-order valence-corrected chi connectivity index (χ2v) is 9.59. The molecule has 0 saturated carbocycles. The maximum Gasteiger partial charge on any atom is 0.383 e. The summed E-state index contributed by atoms with van der Waals surface area (Å²) < 4.78 is 23.8. The molecule has 0 aliphatic rings. The summed E-state index contributed by atoms with van der Waals surface area (Å²) in [4.78, 5) is 12.8. The lowest BCUT2D eigenvalue weighted by Crippen LogP contribution is -2.23. The van der Waals surface area contributed by atoms with Crippen LogP contribution in [0.2, 0.25) is 0 Å². The molecule has 1 aromatic heterocycles. The zero-order valence-corrected chi connectivity index (χ0v) is 21.8. The lowest BCUT2D eigenvalue weighted by Gasteiger charge is -2.23. The van der Waals surface area contributed by atoms with Crippen LogP contribution in [-0.2, 0) is 0 Å². The normalized spacial score (nSPS) is 12.3. The highest BCUT2D eigenvalue weighted by atomic mass is 16.5. The highest BCUT2D eigenvalue weighted by Gasteiger charge is 2.23. The number of hydrogen-bond acceptors (Lipinski definition) is 5. The summed E-state index contributed by atoms with van der Waals surface area (Å²) in [6.45, 7) is 15.0. The lowest BCUT2D eigenvalue weighted by atomic mass is 10.1. The predicted molar refractivity (Wildman–Crippen MR) is 140 cm³/mol. The Kier molecular flexibility index (Phi) is 10.5. The number of benzene rings is 1. The van der Waals surface area contributed by atoms with E-state index in [1.165, 1.54) is 11.1 Å². The van der Waals surface area contributed by atoms with Crippen LogP contribution >= 0.6 is 0 Å². The molecule has 0 spiro atoms. The van der Waals surface area contributed by atoms with Gasteiger partial charge in [-0.1, -0.05) is 42.4 Å². The van der Waals surface area contributed by atoms with Crippen LogP contribution in [0.5, 0.6) is 17.2 Å². The third-order valence-electron chi connectivity index (χ3n) is 4.91. The van der Waals surface area contributed by atoms with Crippen molar-refractivity contribution in [1.82, 2.24) is 0 Å². The molecule has 2 aromatic rings. The van der Waals surface area contributed by atoms with Crippen molar-refractivity contribution in [2.24, 2.45) is 0 Å². The summed E-state index contributed by atoms with van der Waals surface area (Å²) in [5.41, 5.74) is 1.95. The zero-order valence-electron chi connectivity index (χ0n) is 21.8. The maximum atomic E-state index is 12.8. The minimum atomic E-state index is -0.556. The van der Waals surface area contributed by atoms with Gasteiger partial charge in [0.25, 0.3) is 0 Å². The monoisotopic (exact) mass is 468 g/mol. The molecule has 5 nitrogen and oxygen atoms in total. The van der Waals surface area contributed by atoms with Gasteiger partial charge < -0.3 is 18.6 Å². The van der Waals surface area contributed by atoms with Crippen LogP contribution in [0.1, 0.15) is 74.1 Å². The molecule has 0 bridgehead atoms. The van der Waals surface area contributed by atoms with Gasteiger partial charge in [-0.05, 0) is 85.4 Å². The number of allylic oxidation sites excluding steroid dienone is 4. The molecule has 0 radical (unpaired) electrons. The molecular formula is C29H40O5. The van der Waals surface area contributed by atoms with E-state index in [9.17, 15) is 4.79 Å². The molecule has 0 N–H and O–H groups in total. The van der Waals surface area contributed by atoms with Gasteiger partial charge in [0.1, 0.15) is 28.9 Å². The van der Waals surface area contributed by atoms with Crippen LogP contribution in [0.3, 0.4) is 0 Å². The van der Waals surface area contributed by atoms with Gasteiger partial charge >= 0.3 is 5.63 Å². The molecule has 0 fully saturated rings. The minimum absolute atomic E-state index is 0.0814. The second kappa shape index (κ2) is 13.1. The summed E-state index contributed by atoms with van der Waals surface area (Å²) in [5.74, 6) is 1.03. The first-order valence-corrected chi connectivity index (χ1v) is 12.1. The first-order valence-electron chi connectivity index (χ1n) is 12.1. The van der Waals surface area contributed by atoms with Crippen LogP contribution in [0.15, 0.2) is 62.9 Å². The molecule has 2 rings (SSSR count). The average Bonchev–Trinajstić information content (AvgIpc) is 2.73. The van der Waals surface area contributed by atoms with Crippen molar-refractivity contribution in [1.29, 1.82) is 0 Å². The van der Waals surface area contributed by atoms with Gasteiger partial charge in [-0.3, -0.25) is 0 Å². The second-order valence-electron chi connectivity index (χ2n) is 9.59. The third kappa shape index (κ3) is 8.77. The summed E-state index contributed by atoms with van der Waals surface area (Å²) in [6.07, 6.45) is 12.0. The molecule has 1 aromatic carbocycles. The topological polar surface area (TPSA) is 57.9 Å². The first-order chi connectivity index (χ1) is 16.1. The Morgan fingerprint density at radius 2 is 1.76 bits per heavy atom. The minimum Gasteiger partial charge on any atom is -0.487 e. The molecule has 0 unspecified atom stereocenters. The molecule has 5 heteroatoms. The third-order valence-corrected chi connectivity index (χ3v) is 4.91. The van der Waals surface area contributed by atoms with Crippen molar-refractivity contribution in [3.8, 4) is 17.2 Å². The molecule has 0 amide bonds. The van der Waals surface area contributed by atoms with Crippen molar-refractivity contribution in [2.75, 3.05) is 13.2 Å².